The summed E-state index contributed by atoms with van der Waals surface area (Å²) in [4.78, 5) is 20.4. The van der Waals surface area contributed by atoms with Crippen LogP contribution in [0, 0.1) is 0 Å². The minimum absolute atomic E-state index is 0.642. The number of carbonyl (C=O) groups excluding carboxylic acids is 1. The van der Waals surface area contributed by atoms with Crippen molar-refractivity contribution in [3.05, 3.63) is 0 Å². The molecular weight excluding hydrogens is 134 g/mol. The molecule has 0 saturated heterocycles. The maximum Gasteiger partial charge on any atom is 0.405 e. The zero-order valence-corrected chi connectivity index (χ0v) is 5.46. The summed E-state index contributed by atoms with van der Waals surface area (Å²) in [6, 6.07) is 0. The average Bonchev–Trinajstić information content (AvgIpc) is 1.78. The van der Waals surface area contributed by atoms with Gasteiger partial charge in [-0.1, -0.05) is 0 Å². The van der Waals surface area contributed by atoms with Crippen LogP contribution in [0.25, 0.3) is 0 Å². The summed E-state index contributed by atoms with van der Waals surface area (Å²) in [7, 11) is 0. The number of nitrogens with one attached hydrogen (secondary N) is 1. The van der Waals surface area contributed by atoms with Crippen molar-refractivity contribution in [3.8, 4) is 0 Å². The summed E-state index contributed by atoms with van der Waals surface area (Å²) in [6.45, 7) is 0. The Balaban J connectivity index is 2.48. The first-order chi connectivity index (χ1) is 4.68. The summed E-state index contributed by atoms with van der Waals surface area (Å²) in [5, 5.41) is 10.5. The Morgan fingerprint density at radius 1 is 1.60 bits per heavy atom. The van der Waals surface area contributed by atoms with Gasteiger partial charge in [0.25, 0.3) is 0 Å². The van der Waals surface area contributed by atoms with Crippen molar-refractivity contribution < 1.29 is 14.7 Å². The topological polar surface area (TPSA) is 66.4 Å². The minimum atomic E-state index is -1.12. The Morgan fingerprint density at radius 2 is 2.20 bits per heavy atom. The normalized spacial score (nSPS) is 20.8. The second-order valence-corrected chi connectivity index (χ2v) is 2.56. The molecule has 1 aliphatic rings. The van der Waals surface area contributed by atoms with Crippen LogP contribution in [-0.4, -0.2) is 23.0 Å². The zero-order chi connectivity index (χ0) is 7.61. The Labute approximate surface area is 58.2 Å². The highest BCUT2D eigenvalue weighted by Gasteiger charge is 2.38. The molecular formula is C6H9NO3. The summed E-state index contributed by atoms with van der Waals surface area (Å²) in [5.41, 5.74) is -0.744. The molecule has 0 radical (unpaired) electrons. The smallest absolute Gasteiger partial charge is 0.405 e. The van der Waals surface area contributed by atoms with Crippen LogP contribution in [0.2, 0.25) is 0 Å². The van der Waals surface area contributed by atoms with E-state index >= 15 is 0 Å². The van der Waals surface area contributed by atoms with Crippen molar-refractivity contribution in [3.63, 3.8) is 0 Å². The van der Waals surface area contributed by atoms with Gasteiger partial charge in [0, 0.05) is 0 Å². The predicted octanol–water partition coefficient (Wildman–Crippen LogP) is 0.376. The third-order valence-corrected chi connectivity index (χ3v) is 1.83. The van der Waals surface area contributed by atoms with Crippen molar-refractivity contribution >= 4 is 12.4 Å². The molecule has 0 aromatic rings. The molecule has 0 unspecified atom stereocenters. The van der Waals surface area contributed by atoms with Crippen LogP contribution in [0.15, 0.2) is 0 Å². The lowest BCUT2D eigenvalue weighted by Gasteiger charge is -2.35. The van der Waals surface area contributed by atoms with Crippen molar-refractivity contribution in [1.29, 1.82) is 0 Å². The maximum atomic E-state index is 10.3. The second-order valence-electron chi connectivity index (χ2n) is 2.56. The molecule has 1 aliphatic carbocycles. The molecule has 1 fully saturated rings. The number of carboxylic acid groups (broad SMARTS) is 1. The van der Waals surface area contributed by atoms with Crippen LogP contribution < -0.4 is 5.32 Å². The molecule has 0 heterocycles. The molecule has 0 bridgehead atoms. The fraction of sp³-hybridized carbons (Fsp3) is 0.667. The Hall–Kier alpha value is -1.06. The number of rotatable bonds is 2. The van der Waals surface area contributed by atoms with Gasteiger partial charge in [0.2, 0.25) is 0 Å². The van der Waals surface area contributed by atoms with E-state index in [2.05, 4.69) is 5.32 Å². The standard InChI is InChI=1S/C6H9NO3/c8-4-6(2-1-3-6)7-5(9)10/h4,7H,1-3H2,(H,9,10). The van der Waals surface area contributed by atoms with Crippen molar-refractivity contribution in [2.24, 2.45) is 0 Å². The first kappa shape index (κ1) is 7.05. The number of carbonyl (C=O) groups is 2. The third-order valence-electron chi connectivity index (χ3n) is 1.83. The van der Waals surface area contributed by atoms with E-state index in [1.165, 1.54) is 0 Å². The van der Waals surface area contributed by atoms with Crippen molar-refractivity contribution in [2.75, 3.05) is 0 Å². The summed E-state index contributed by atoms with van der Waals surface area (Å²) < 4.78 is 0. The number of hydrogen-bond donors (Lipinski definition) is 2. The molecule has 1 saturated carbocycles. The number of hydrogen-bond acceptors (Lipinski definition) is 2. The van der Waals surface area contributed by atoms with Gasteiger partial charge in [0.1, 0.15) is 6.29 Å². The van der Waals surface area contributed by atoms with Crippen LogP contribution in [0.1, 0.15) is 19.3 Å². The lowest BCUT2D eigenvalue weighted by Crippen LogP contribution is -2.54. The molecule has 56 valence electrons. The van der Waals surface area contributed by atoms with E-state index < -0.39 is 11.6 Å². The predicted molar refractivity (Wildman–Crippen MR) is 33.8 cm³/mol. The summed E-state index contributed by atoms with van der Waals surface area (Å²) >= 11 is 0. The lowest BCUT2D eigenvalue weighted by molar-refractivity contribution is -0.116. The molecule has 10 heavy (non-hydrogen) atoms. The maximum absolute atomic E-state index is 10.3. The van der Waals surface area contributed by atoms with E-state index in [1.54, 1.807) is 0 Å². The molecule has 1 rings (SSSR count). The van der Waals surface area contributed by atoms with Crippen molar-refractivity contribution in [1.82, 2.24) is 5.32 Å². The highest BCUT2D eigenvalue weighted by molar-refractivity contribution is 5.76. The van der Waals surface area contributed by atoms with Gasteiger partial charge in [0.05, 0.1) is 5.54 Å². The largest absolute Gasteiger partial charge is 0.465 e. The van der Waals surface area contributed by atoms with Gasteiger partial charge in [0.15, 0.2) is 0 Å². The van der Waals surface area contributed by atoms with Gasteiger partial charge in [-0.05, 0) is 19.3 Å². The minimum Gasteiger partial charge on any atom is -0.465 e. The Morgan fingerprint density at radius 3 is 2.30 bits per heavy atom. The van der Waals surface area contributed by atoms with Crippen LogP contribution in [0.4, 0.5) is 4.79 Å². The SMILES string of the molecule is O=CC1(NC(=O)O)CCC1. The first-order valence-corrected chi connectivity index (χ1v) is 3.16. The summed E-state index contributed by atoms with van der Waals surface area (Å²) in [6.07, 6.45) is 1.78. The molecule has 0 aromatic carbocycles. The monoisotopic (exact) mass is 143 g/mol. The molecule has 0 spiro atoms. The van der Waals surface area contributed by atoms with Gasteiger partial charge >= 0.3 is 6.09 Å². The first-order valence-electron chi connectivity index (χ1n) is 3.16. The van der Waals surface area contributed by atoms with E-state index in [1.807, 2.05) is 0 Å². The molecule has 2 N–H and O–H groups in total. The van der Waals surface area contributed by atoms with Gasteiger partial charge in [-0.2, -0.15) is 0 Å². The highest BCUT2D eigenvalue weighted by atomic mass is 16.4. The van der Waals surface area contributed by atoms with Gasteiger partial charge < -0.3 is 15.2 Å². The molecule has 0 aromatic heterocycles. The quantitative estimate of drug-likeness (QED) is 0.549. The van der Waals surface area contributed by atoms with Gasteiger partial charge in [-0.3, -0.25) is 0 Å². The molecule has 4 nitrogen and oxygen atoms in total. The molecule has 1 amide bonds. The Kier molecular flexibility index (Phi) is 1.61. The van der Waals surface area contributed by atoms with E-state index in [0.29, 0.717) is 19.1 Å². The van der Waals surface area contributed by atoms with Crippen LogP contribution in [0.3, 0.4) is 0 Å². The van der Waals surface area contributed by atoms with E-state index in [-0.39, 0.29) is 0 Å². The van der Waals surface area contributed by atoms with E-state index in [0.717, 1.165) is 6.42 Å². The lowest BCUT2D eigenvalue weighted by atomic mass is 9.78. The van der Waals surface area contributed by atoms with Crippen LogP contribution in [0.5, 0.6) is 0 Å². The second kappa shape index (κ2) is 2.28. The highest BCUT2D eigenvalue weighted by Crippen LogP contribution is 2.29. The van der Waals surface area contributed by atoms with Crippen molar-refractivity contribution in [2.45, 2.75) is 24.8 Å². The van der Waals surface area contributed by atoms with Crippen LogP contribution >= 0.6 is 0 Å². The fourth-order valence-corrected chi connectivity index (χ4v) is 1.04. The number of amides is 1. The van der Waals surface area contributed by atoms with Crippen LogP contribution in [-0.2, 0) is 4.79 Å². The molecule has 0 aliphatic heterocycles. The average molecular weight is 143 g/mol. The van der Waals surface area contributed by atoms with E-state index in [4.69, 9.17) is 5.11 Å². The fourth-order valence-electron chi connectivity index (χ4n) is 1.04. The zero-order valence-electron chi connectivity index (χ0n) is 5.46. The van der Waals surface area contributed by atoms with E-state index in [9.17, 15) is 9.59 Å². The number of aldehydes is 1. The summed E-state index contributed by atoms with van der Waals surface area (Å²) in [5.74, 6) is 0. The van der Waals surface area contributed by atoms with Gasteiger partial charge in [-0.25, -0.2) is 4.79 Å². The Bertz CT molecular complexity index is 162. The molecule has 0 atom stereocenters. The molecule has 4 heteroatoms. The third kappa shape index (κ3) is 1.10. The van der Waals surface area contributed by atoms with Gasteiger partial charge in [-0.15, -0.1) is 0 Å².